The molecule has 0 unspecified atom stereocenters. The molecule has 0 spiro atoms. The molecule has 0 aliphatic carbocycles. The van der Waals surface area contributed by atoms with Crippen LogP contribution in [0.4, 0.5) is 0 Å². The zero-order chi connectivity index (χ0) is 17.8. The van der Waals surface area contributed by atoms with Gasteiger partial charge in [-0.1, -0.05) is 66.7 Å². The van der Waals surface area contributed by atoms with Gasteiger partial charge in [-0.05, 0) is 29.8 Å². The number of para-hydroxylation sites is 3. The first kappa shape index (κ1) is 14.6. The van der Waals surface area contributed by atoms with Gasteiger partial charge < -0.3 is 8.98 Å². The van der Waals surface area contributed by atoms with E-state index in [1.165, 1.54) is 38.1 Å². The standard InChI is InChI=1S/C25H17NO/c1-4-10-22-18(7-1)19-8-2-5-11-23(19)26(22)16-17-13-14-21-20-9-3-6-12-24(20)27-25(21)15-17/h1-15H,16H2. The van der Waals surface area contributed by atoms with E-state index in [1.807, 2.05) is 12.1 Å². The summed E-state index contributed by atoms with van der Waals surface area (Å²) in [5, 5.41) is 4.96. The Morgan fingerprint density at radius 1 is 0.556 bits per heavy atom. The lowest BCUT2D eigenvalue weighted by Crippen LogP contribution is -1.99. The number of hydrogen-bond donors (Lipinski definition) is 0. The molecule has 0 amide bonds. The van der Waals surface area contributed by atoms with Crippen LogP contribution in [0, 0.1) is 0 Å². The summed E-state index contributed by atoms with van der Waals surface area (Å²) in [4.78, 5) is 0. The third-order valence-electron chi connectivity index (χ3n) is 5.46. The van der Waals surface area contributed by atoms with Gasteiger partial charge in [-0.25, -0.2) is 0 Å². The fraction of sp³-hybridized carbons (Fsp3) is 0.0400. The Kier molecular flexibility index (Phi) is 2.97. The number of rotatable bonds is 2. The molecule has 6 rings (SSSR count). The molecule has 0 N–H and O–H groups in total. The molecule has 0 fully saturated rings. The predicted octanol–water partition coefficient (Wildman–Crippen LogP) is 6.74. The predicted molar refractivity (Wildman–Crippen MR) is 112 cm³/mol. The number of furan rings is 1. The quantitative estimate of drug-likeness (QED) is 0.339. The molecule has 0 saturated carbocycles. The number of hydrogen-bond acceptors (Lipinski definition) is 1. The first-order valence-electron chi connectivity index (χ1n) is 9.25. The van der Waals surface area contributed by atoms with Crippen LogP contribution in [-0.4, -0.2) is 4.57 Å². The normalized spacial score (nSPS) is 11.9. The average molecular weight is 347 g/mol. The molecule has 2 heteroatoms. The smallest absolute Gasteiger partial charge is 0.135 e. The molecular formula is C25H17NO. The fourth-order valence-electron chi connectivity index (χ4n) is 4.22. The fourth-order valence-corrected chi connectivity index (χ4v) is 4.22. The molecule has 2 nitrogen and oxygen atoms in total. The Bertz CT molecular complexity index is 1400. The molecule has 6 aromatic rings. The maximum atomic E-state index is 6.08. The highest BCUT2D eigenvalue weighted by atomic mass is 16.3. The van der Waals surface area contributed by atoms with Gasteiger partial charge >= 0.3 is 0 Å². The minimum atomic E-state index is 0.820. The second-order valence-electron chi connectivity index (χ2n) is 7.05. The van der Waals surface area contributed by atoms with Gasteiger partial charge in [0.1, 0.15) is 11.2 Å². The van der Waals surface area contributed by atoms with Crippen LogP contribution in [0.2, 0.25) is 0 Å². The summed E-state index contributed by atoms with van der Waals surface area (Å²) in [5.41, 5.74) is 5.68. The molecule has 0 aliphatic heterocycles. The van der Waals surface area contributed by atoms with Crippen molar-refractivity contribution in [3.8, 4) is 0 Å². The van der Waals surface area contributed by atoms with Gasteiger partial charge in [0.15, 0.2) is 0 Å². The van der Waals surface area contributed by atoms with Crippen molar-refractivity contribution in [1.29, 1.82) is 0 Å². The van der Waals surface area contributed by atoms with Gasteiger partial charge in [-0.3, -0.25) is 0 Å². The van der Waals surface area contributed by atoms with Crippen molar-refractivity contribution < 1.29 is 4.42 Å². The van der Waals surface area contributed by atoms with Crippen molar-refractivity contribution in [1.82, 2.24) is 4.57 Å². The summed E-state index contributed by atoms with van der Waals surface area (Å²) in [7, 11) is 0. The SMILES string of the molecule is c1ccc2c(c1)oc1cc(Cn3c4ccccc4c4ccccc43)ccc12. The van der Waals surface area contributed by atoms with Gasteiger partial charge in [0.2, 0.25) is 0 Å². The summed E-state index contributed by atoms with van der Waals surface area (Å²) in [5.74, 6) is 0. The summed E-state index contributed by atoms with van der Waals surface area (Å²) >= 11 is 0. The zero-order valence-electron chi connectivity index (χ0n) is 14.7. The van der Waals surface area contributed by atoms with Crippen molar-refractivity contribution in [2.24, 2.45) is 0 Å². The van der Waals surface area contributed by atoms with Gasteiger partial charge in [0.05, 0.1) is 0 Å². The lowest BCUT2D eigenvalue weighted by Gasteiger charge is -2.08. The van der Waals surface area contributed by atoms with Gasteiger partial charge in [0.25, 0.3) is 0 Å². The number of fused-ring (bicyclic) bond motifs is 6. The highest BCUT2D eigenvalue weighted by molar-refractivity contribution is 6.08. The van der Waals surface area contributed by atoms with Gasteiger partial charge in [-0.15, -0.1) is 0 Å². The minimum absolute atomic E-state index is 0.820. The van der Waals surface area contributed by atoms with E-state index >= 15 is 0 Å². The first-order chi connectivity index (χ1) is 13.4. The summed E-state index contributed by atoms with van der Waals surface area (Å²) < 4.78 is 8.48. The molecule has 0 atom stereocenters. The van der Waals surface area contributed by atoms with Crippen LogP contribution in [0.1, 0.15) is 5.56 Å². The first-order valence-corrected chi connectivity index (χ1v) is 9.25. The lowest BCUT2D eigenvalue weighted by molar-refractivity contribution is 0.667. The Hall–Kier alpha value is -3.52. The highest BCUT2D eigenvalue weighted by Gasteiger charge is 2.11. The molecule has 0 radical (unpaired) electrons. The van der Waals surface area contributed by atoms with Crippen molar-refractivity contribution in [3.63, 3.8) is 0 Å². The van der Waals surface area contributed by atoms with Crippen LogP contribution in [-0.2, 0) is 6.54 Å². The van der Waals surface area contributed by atoms with Crippen LogP contribution in [0.3, 0.4) is 0 Å². The molecule has 2 heterocycles. The third kappa shape index (κ3) is 2.13. The highest BCUT2D eigenvalue weighted by Crippen LogP contribution is 2.32. The Morgan fingerprint density at radius 2 is 1.15 bits per heavy atom. The molecule has 0 bridgehead atoms. The van der Waals surface area contributed by atoms with E-state index in [0.717, 1.165) is 17.7 Å². The van der Waals surface area contributed by atoms with Gasteiger partial charge in [0, 0.05) is 39.1 Å². The molecular weight excluding hydrogens is 330 g/mol. The van der Waals surface area contributed by atoms with E-state index in [9.17, 15) is 0 Å². The summed E-state index contributed by atoms with van der Waals surface area (Å²) in [6.07, 6.45) is 0. The van der Waals surface area contributed by atoms with Crippen LogP contribution >= 0.6 is 0 Å². The van der Waals surface area contributed by atoms with E-state index < -0.39 is 0 Å². The van der Waals surface area contributed by atoms with E-state index in [-0.39, 0.29) is 0 Å². The van der Waals surface area contributed by atoms with Crippen LogP contribution in [0.5, 0.6) is 0 Å². The monoisotopic (exact) mass is 347 g/mol. The van der Waals surface area contributed by atoms with Gasteiger partial charge in [-0.2, -0.15) is 0 Å². The number of nitrogens with zero attached hydrogens (tertiary/aromatic N) is 1. The lowest BCUT2D eigenvalue weighted by atomic mass is 10.1. The summed E-state index contributed by atoms with van der Waals surface area (Å²) in [6.45, 7) is 0.820. The van der Waals surface area contributed by atoms with Crippen molar-refractivity contribution in [2.75, 3.05) is 0 Å². The largest absolute Gasteiger partial charge is 0.456 e. The molecule has 27 heavy (non-hydrogen) atoms. The van der Waals surface area contributed by atoms with Crippen LogP contribution in [0.25, 0.3) is 43.7 Å². The maximum absolute atomic E-state index is 6.08. The van der Waals surface area contributed by atoms with Crippen molar-refractivity contribution in [3.05, 3.63) is 96.6 Å². The van der Waals surface area contributed by atoms with Crippen molar-refractivity contribution >= 4 is 43.7 Å². The maximum Gasteiger partial charge on any atom is 0.135 e. The van der Waals surface area contributed by atoms with Crippen molar-refractivity contribution in [2.45, 2.75) is 6.54 Å². The molecule has 4 aromatic carbocycles. The average Bonchev–Trinajstić information content (AvgIpc) is 3.24. The second-order valence-corrected chi connectivity index (χ2v) is 7.05. The molecule has 0 saturated heterocycles. The second kappa shape index (κ2) is 5.49. The summed E-state index contributed by atoms with van der Waals surface area (Å²) in [6, 6.07) is 32.1. The third-order valence-corrected chi connectivity index (χ3v) is 5.46. The van der Waals surface area contributed by atoms with E-state index in [0.29, 0.717) is 0 Å². The number of aromatic nitrogens is 1. The van der Waals surface area contributed by atoms with Crippen LogP contribution < -0.4 is 0 Å². The molecule has 128 valence electrons. The van der Waals surface area contributed by atoms with Crippen LogP contribution in [0.15, 0.2) is 95.4 Å². The van der Waals surface area contributed by atoms with E-state index in [4.69, 9.17) is 4.42 Å². The minimum Gasteiger partial charge on any atom is -0.456 e. The Morgan fingerprint density at radius 3 is 1.89 bits per heavy atom. The van der Waals surface area contributed by atoms with E-state index in [1.54, 1.807) is 0 Å². The number of benzene rings is 4. The molecule has 2 aromatic heterocycles. The Balaban J connectivity index is 1.55. The topological polar surface area (TPSA) is 18.1 Å². The molecule has 0 aliphatic rings. The zero-order valence-corrected chi connectivity index (χ0v) is 14.7. The van der Waals surface area contributed by atoms with E-state index in [2.05, 4.69) is 83.4 Å². The Labute approximate surface area is 156 Å².